The molecule has 0 saturated carbocycles. The van der Waals surface area contributed by atoms with Crippen molar-refractivity contribution in [3.63, 3.8) is 0 Å². The summed E-state index contributed by atoms with van der Waals surface area (Å²) in [7, 11) is 0. The summed E-state index contributed by atoms with van der Waals surface area (Å²) in [4.78, 5) is 4.05. The van der Waals surface area contributed by atoms with Crippen molar-refractivity contribution >= 4 is 33.3 Å². The van der Waals surface area contributed by atoms with Gasteiger partial charge in [0, 0.05) is 17.2 Å². The zero-order chi connectivity index (χ0) is 13.8. The molecular weight excluding hydrogens is 333 g/mol. The number of pyridine rings is 1. The summed E-state index contributed by atoms with van der Waals surface area (Å²) in [6, 6.07) is 7.92. The van der Waals surface area contributed by atoms with Crippen LogP contribution in [0.2, 0.25) is 5.02 Å². The molecule has 0 aliphatic carbocycles. The van der Waals surface area contributed by atoms with Crippen LogP contribution in [-0.2, 0) is 6.54 Å². The van der Waals surface area contributed by atoms with Crippen LogP contribution in [-0.4, -0.2) is 4.98 Å². The van der Waals surface area contributed by atoms with Crippen molar-refractivity contribution in [2.45, 2.75) is 6.54 Å². The van der Waals surface area contributed by atoms with E-state index < -0.39 is 0 Å². The number of hydrogen-bond donors (Lipinski definition) is 1. The molecule has 0 fully saturated rings. The summed E-state index contributed by atoms with van der Waals surface area (Å²) < 4.78 is 13.9. The van der Waals surface area contributed by atoms with Crippen LogP contribution < -0.4 is 5.32 Å². The molecule has 1 aromatic carbocycles. The molecule has 0 spiro atoms. The van der Waals surface area contributed by atoms with Crippen LogP contribution in [0, 0.1) is 17.1 Å². The van der Waals surface area contributed by atoms with Gasteiger partial charge in [0.2, 0.25) is 0 Å². The van der Waals surface area contributed by atoms with Gasteiger partial charge < -0.3 is 5.32 Å². The quantitative estimate of drug-likeness (QED) is 0.914. The first-order valence-electron chi connectivity index (χ1n) is 5.34. The lowest BCUT2D eigenvalue weighted by Crippen LogP contribution is -2.03. The molecule has 1 heterocycles. The van der Waals surface area contributed by atoms with Crippen LogP contribution in [0.4, 0.5) is 10.2 Å². The molecule has 1 aromatic heterocycles. The van der Waals surface area contributed by atoms with Crippen molar-refractivity contribution in [3.8, 4) is 6.07 Å². The van der Waals surface area contributed by atoms with E-state index in [2.05, 4.69) is 26.2 Å². The first kappa shape index (κ1) is 13.8. The zero-order valence-corrected chi connectivity index (χ0v) is 12.0. The minimum atomic E-state index is -0.315. The van der Waals surface area contributed by atoms with Gasteiger partial charge >= 0.3 is 0 Å². The Morgan fingerprint density at radius 3 is 2.95 bits per heavy atom. The number of anilines is 1. The topological polar surface area (TPSA) is 48.7 Å². The molecule has 96 valence electrons. The van der Waals surface area contributed by atoms with E-state index in [0.717, 1.165) is 10.0 Å². The fourth-order valence-electron chi connectivity index (χ4n) is 1.51. The average Bonchev–Trinajstić information content (AvgIpc) is 2.41. The van der Waals surface area contributed by atoms with E-state index in [1.54, 1.807) is 6.07 Å². The van der Waals surface area contributed by atoms with Gasteiger partial charge in [-0.15, -0.1) is 0 Å². The first-order valence-corrected chi connectivity index (χ1v) is 6.51. The van der Waals surface area contributed by atoms with Gasteiger partial charge in [-0.2, -0.15) is 5.26 Å². The summed E-state index contributed by atoms with van der Waals surface area (Å²) >= 11 is 9.35. The van der Waals surface area contributed by atoms with Crippen LogP contribution in [0.5, 0.6) is 0 Å². The van der Waals surface area contributed by atoms with Crippen LogP contribution >= 0.6 is 27.5 Å². The molecule has 3 nitrogen and oxygen atoms in total. The molecule has 0 aliphatic rings. The van der Waals surface area contributed by atoms with Gasteiger partial charge in [-0.3, -0.25) is 0 Å². The van der Waals surface area contributed by atoms with Crippen molar-refractivity contribution in [2.75, 3.05) is 5.32 Å². The molecule has 0 amide bonds. The van der Waals surface area contributed by atoms with E-state index in [9.17, 15) is 4.39 Å². The SMILES string of the molecule is N#Cc1ccnc(NCc2cc(F)ccc2Br)c1Cl. The standard InChI is InChI=1S/C13H8BrClFN3/c14-11-2-1-10(16)5-9(11)7-19-13-12(15)8(6-17)3-4-18-13/h1-5H,7H2,(H,18,19). The Morgan fingerprint density at radius 2 is 2.21 bits per heavy atom. The second-order valence-electron chi connectivity index (χ2n) is 3.72. The number of nitrogens with zero attached hydrogens (tertiary/aromatic N) is 2. The van der Waals surface area contributed by atoms with Gasteiger partial charge in [0.25, 0.3) is 0 Å². The molecule has 0 radical (unpaired) electrons. The molecule has 2 aromatic rings. The van der Waals surface area contributed by atoms with Gasteiger partial charge in [-0.25, -0.2) is 9.37 Å². The average molecular weight is 341 g/mol. The molecule has 19 heavy (non-hydrogen) atoms. The highest BCUT2D eigenvalue weighted by atomic mass is 79.9. The third-order valence-electron chi connectivity index (χ3n) is 2.46. The normalized spacial score (nSPS) is 10.0. The van der Waals surface area contributed by atoms with Crippen molar-refractivity contribution in [1.29, 1.82) is 5.26 Å². The van der Waals surface area contributed by atoms with Gasteiger partial charge in [0.15, 0.2) is 0 Å². The number of nitrogens with one attached hydrogen (secondary N) is 1. The number of aromatic nitrogens is 1. The molecule has 0 unspecified atom stereocenters. The molecular formula is C13H8BrClFN3. The maximum absolute atomic E-state index is 13.1. The largest absolute Gasteiger partial charge is 0.365 e. The Kier molecular flexibility index (Phi) is 4.35. The van der Waals surface area contributed by atoms with Crippen LogP contribution in [0.3, 0.4) is 0 Å². The fraction of sp³-hybridized carbons (Fsp3) is 0.0769. The molecule has 0 atom stereocenters. The minimum absolute atomic E-state index is 0.262. The number of halogens is 3. The lowest BCUT2D eigenvalue weighted by atomic mass is 10.2. The second-order valence-corrected chi connectivity index (χ2v) is 4.95. The van der Waals surface area contributed by atoms with Gasteiger partial charge in [-0.05, 0) is 29.8 Å². The fourth-order valence-corrected chi connectivity index (χ4v) is 2.12. The summed E-state index contributed by atoms with van der Waals surface area (Å²) in [5.41, 5.74) is 1.08. The van der Waals surface area contributed by atoms with Crippen molar-refractivity contribution in [2.24, 2.45) is 0 Å². The van der Waals surface area contributed by atoms with Crippen molar-refractivity contribution in [1.82, 2.24) is 4.98 Å². The summed E-state index contributed by atoms with van der Waals surface area (Å²) in [5, 5.41) is 12.1. The van der Waals surface area contributed by atoms with E-state index in [0.29, 0.717) is 17.9 Å². The monoisotopic (exact) mass is 339 g/mol. The lowest BCUT2D eigenvalue weighted by Gasteiger charge is -2.09. The number of benzene rings is 1. The Bertz CT molecular complexity index is 655. The first-order chi connectivity index (χ1) is 9.11. The summed E-state index contributed by atoms with van der Waals surface area (Å²) in [5.74, 6) is 0.0849. The predicted molar refractivity (Wildman–Crippen MR) is 75.4 cm³/mol. The molecule has 0 bridgehead atoms. The maximum atomic E-state index is 13.1. The van der Waals surface area contributed by atoms with Gasteiger partial charge in [0.05, 0.1) is 5.56 Å². The van der Waals surface area contributed by atoms with Crippen molar-refractivity contribution < 1.29 is 4.39 Å². The van der Waals surface area contributed by atoms with Crippen LogP contribution in [0.1, 0.15) is 11.1 Å². The third kappa shape index (κ3) is 3.22. The minimum Gasteiger partial charge on any atom is -0.365 e. The number of hydrogen-bond acceptors (Lipinski definition) is 3. The molecule has 2 rings (SSSR count). The van der Waals surface area contributed by atoms with Gasteiger partial charge in [-0.1, -0.05) is 27.5 Å². The van der Waals surface area contributed by atoms with Crippen LogP contribution in [0.25, 0.3) is 0 Å². The maximum Gasteiger partial charge on any atom is 0.146 e. The number of rotatable bonds is 3. The predicted octanol–water partition coefficient (Wildman–Crippen LogP) is 4.12. The van der Waals surface area contributed by atoms with E-state index in [4.69, 9.17) is 16.9 Å². The Hall–Kier alpha value is -1.64. The Labute approximate surface area is 123 Å². The Morgan fingerprint density at radius 1 is 1.42 bits per heavy atom. The number of nitriles is 1. The van der Waals surface area contributed by atoms with Crippen molar-refractivity contribution in [3.05, 3.63) is 56.9 Å². The molecule has 1 N–H and O–H groups in total. The molecule has 0 saturated heterocycles. The zero-order valence-electron chi connectivity index (χ0n) is 9.62. The Balaban J connectivity index is 2.20. The third-order valence-corrected chi connectivity index (χ3v) is 3.62. The van der Waals surface area contributed by atoms with E-state index in [1.165, 1.54) is 24.4 Å². The molecule has 0 aliphatic heterocycles. The van der Waals surface area contributed by atoms with Gasteiger partial charge in [0.1, 0.15) is 22.7 Å². The highest BCUT2D eigenvalue weighted by Gasteiger charge is 2.08. The van der Waals surface area contributed by atoms with E-state index in [1.807, 2.05) is 6.07 Å². The highest BCUT2D eigenvalue weighted by Crippen LogP contribution is 2.24. The lowest BCUT2D eigenvalue weighted by molar-refractivity contribution is 0.625. The highest BCUT2D eigenvalue weighted by molar-refractivity contribution is 9.10. The van der Waals surface area contributed by atoms with E-state index in [-0.39, 0.29) is 10.8 Å². The summed E-state index contributed by atoms with van der Waals surface area (Å²) in [6.45, 7) is 0.347. The van der Waals surface area contributed by atoms with Crippen LogP contribution in [0.15, 0.2) is 34.9 Å². The summed E-state index contributed by atoms with van der Waals surface area (Å²) in [6.07, 6.45) is 1.49. The smallest absolute Gasteiger partial charge is 0.146 e. The molecule has 6 heteroatoms. The second kappa shape index (κ2) is 6.00. The van der Waals surface area contributed by atoms with E-state index >= 15 is 0 Å².